The lowest BCUT2D eigenvalue weighted by atomic mass is 10.1. The van der Waals surface area contributed by atoms with Crippen molar-refractivity contribution in [3.63, 3.8) is 0 Å². The Balaban J connectivity index is 1.16. The van der Waals surface area contributed by atoms with Crippen LogP contribution in [-0.2, 0) is 20.9 Å². The fourth-order valence-corrected chi connectivity index (χ4v) is 3.72. The number of likely N-dealkylation sites (tertiary alicyclic amines) is 1. The molecule has 4 rings (SSSR count). The van der Waals surface area contributed by atoms with Gasteiger partial charge in [0.2, 0.25) is 0 Å². The van der Waals surface area contributed by atoms with Crippen molar-refractivity contribution in [2.24, 2.45) is 0 Å². The predicted molar refractivity (Wildman–Crippen MR) is 124 cm³/mol. The third kappa shape index (κ3) is 6.09. The maximum Gasteiger partial charge on any atom is 0.410 e. The SMILES string of the molecule is Cc1ccc2nc(NCCC(=O)OC3CCN(C(=O)OCc4ccccc4)CC3)n[n+]([O-])c2c1. The molecule has 0 spiro atoms. The number of esters is 1. The molecule has 0 aliphatic carbocycles. The Hall–Kier alpha value is -3.95. The molecule has 1 fully saturated rings. The van der Waals surface area contributed by atoms with Crippen molar-refractivity contribution in [3.05, 3.63) is 64.9 Å². The zero-order valence-corrected chi connectivity index (χ0v) is 19.0. The standard InChI is InChI=1S/C24H27N5O5/c1-17-7-8-20-21(15-17)29(32)27-23(26-20)25-12-9-22(30)34-19-10-13-28(14-11-19)24(31)33-16-18-5-3-2-4-6-18/h2-8,15,19H,9-14,16H2,1H3,(H,25,26,27). The molecule has 1 aliphatic rings. The molecule has 0 atom stereocenters. The molecule has 1 aromatic heterocycles. The third-order valence-corrected chi connectivity index (χ3v) is 5.56. The van der Waals surface area contributed by atoms with Crippen molar-refractivity contribution in [2.75, 3.05) is 25.0 Å². The summed E-state index contributed by atoms with van der Waals surface area (Å²) in [5.41, 5.74) is 2.79. The number of piperidine rings is 1. The van der Waals surface area contributed by atoms with Crippen LogP contribution in [0.2, 0.25) is 0 Å². The molecule has 0 saturated carbocycles. The normalized spacial score (nSPS) is 14.1. The number of carbonyl (C=O) groups is 2. The number of amides is 1. The van der Waals surface area contributed by atoms with Crippen LogP contribution in [0.4, 0.5) is 10.7 Å². The number of fused-ring (bicyclic) bond motifs is 1. The summed E-state index contributed by atoms with van der Waals surface area (Å²) < 4.78 is 10.9. The summed E-state index contributed by atoms with van der Waals surface area (Å²) in [6.07, 6.45) is 0.619. The lowest BCUT2D eigenvalue weighted by Crippen LogP contribution is -2.41. The van der Waals surface area contributed by atoms with Crippen LogP contribution in [0.3, 0.4) is 0 Å². The number of hydrogen-bond donors (Lipinski definition) is 1. The number of benzene rings is 2. The molecule has 0 radical (unpaired) electrons. The van der Waals surface area contributed by atoms with Gasteiger partial charge in [0.05, 0.1) is 11.5 Å². The van der Waals surface area contributed by atoms with E-state index >= 15 is 0 Å². The maximum atomic E-state index is 12.3. The fraction of sp³-hybridized carbons (Fsp3) is 0.375. The van der Waals surface area contributed by atoms with Crippen LogP contribution in [-0.4, -0.2) is 52.8 Å². The highest BCUT2D eigenvalue weighted by Gasteiger charge is 2.26. The molecule has 0 bridgehead atoms. The van der Waals surface area contributed by atoms with Crippen molar-refractivity contribution in [1.82, 2.24) is 15.0 Å². The van der Waals surface area contributed by atoms with Gasteiger partial charge in [0, 0.05) is 38.5 Å². The van der Waals surface area contributed by atoms with E-state index in [4.69, 9.17) is 9.47 Å². The second-order valence-corrected chi connectivity index (χ2v) is 8.19. The highest BCUT2D eigenvalue weighted by atomic mass is 16.6. The number of carbonyl (C=O) groups excluding carboxylic acids is 2. The first-order valence-electron chi connectivity index (χ1n) is 11.2. The predicted octanol–water partition coefficient (Wildman–Crippen LogP) is 2.72. The van der Waals surface area contributed by atoms with Gasteiger partial charge >= 0.3 is 12.1 Å². The lowest BCUT2D eigenvalue weighted by molar-refractivity contribution is -0.641. The number of anilines is 1. The van der Waals surface area contributed by atoms with Crippen LogP contribution >= 0.6 is 0 Å². The van der Waals surface area contributed by atoms with Crippen LogP contribution in [0.15, 0.2) is 48.5 Å². The molecule has 10 nitrogen and oxygen atoms in total. The second-order valence-electron chi connectivity index (χ2n) is 8.19. The van der Waals surface area contributed by atoms with Crippen LogP contribution in [0.1, 0.15) is 30.4 Å². The van der Waals surface area contributed by atoms with E-state index < -0.39 is 0 Å². The number of ether oxygens (including phenoxy) is 2. The van der Waals surface area contributed by atoms with Crippen molar-refractivity contribution < 1.29 is 23.9 Å². The van der Waals surface area contributed by atoms with Gasteiger partial charge in [0.15, 0.2) is 0 Å². The zero-order valence-electron chi connectivity index (χ0n) is 19.0. The third-order valence-electron chi connectivity index (χ3n) is 5.56. The van der Waals surface area contributed by atoms with Crippen molar-refractivity contribution in [2.45, 2.75) is 38.9 Å². The molecule has 2 aromatic carbocycles. The molecule has 1 aliphatic heterocycles. The van der Waals surface area contributed by atoms with Crippen LogP contribution in [0.25, 0.3) is 11.0 Å². The average Bonchev–Trinajstić information content (AvgIpc) is 2.84. The van der Waals surface area contributed by atoms with Crippen molar-refractivity contribution in [1.29, 1.82) is 0 Å². The lowest BCUT2D eigenvalue weighted by Gasteiger charge is -2.31. The van der Waals surface area contributed by atoms with Crippen LogP contribution in [0.5, 0.6) is 0 Å². The summed E-state index contributed by atoms with van der Waals surface area (Å²) in [7, 11) is 0. The van der Waals surface area contributed by atoms with Gasteiger partial charge in [0.25, 0.3) is 11.5 Å². The van der Waals surface area contributed by atoms with Gasteiger partial charge in [-0.3, -0.25) is 4.79 Å². The molecule has 1 N–H and O–H groups in total. The Labute approximate surface area is 197 Å². The van der Waals surface area contributed by atoms with E-state index in [2.05, 4.69) is 15.4 Å². The second kappa shape index (κ2) is 10.8. The molecule has 34 heavy (non-hydrogen) atoms. The van der Waals surface area contributed by atoms with Crippen molar-refractivity contribution >= 4 is 29.0 Å². The van der Waals surface area contributed by atoms with E-state index in [1.165, 1.54) is 0 Å². The Kier molecular flexibility index (Phi) is 7.36. The molecule has 3 aromatic rings. The molecular weight excluding hydrogens is 438 g/mol. The molecule has 2 heterocycles. The van der Waals surface area contributed by atoms with Gasteiger partial charge < -0.3 is 24.9 Å². The number of rotatable bonds is 7. The Morgan fingerprint density at radius 1 is 1.18 bits per heavy atom. The monoisotopic (exact) mass is 465 g/mol. The zero-order chi connectivity index (χ0) is 23.9. The molecular formula is C24H27N5O5. The van der Waals surface area contributed by atoms with Gasteiger partial charge in [-0.15, -0.1) is 0 Å². The van der Waals surface area contributed by atoms with Gasteiger partial charge in [-0.2, -0.15) is 0 Å². The highest BCUT2D eigenvalue weighted by Crippen LogP contribution is 2.16. The molecule has 0 unspecified atom stereocenters. The van der Waals surface area contributed by atoms with E-state index in [9.17, 15) is 14.8 Å². The molecule has 1 saturated heterocycles. The first kappa shape index (κ1) is 23.2. The number of aromatic nitrogens is 3. The van der Waals surface area contributed by atoms with Gasteiger partial charge in [-0.1, -0.05) is 36.4 Å². The summed E-state index contributed by atoms with van der Waals surface area (Å²) in [6.45, 7) is 3.30. The number of nitrogens with zero attached hydrogens (tertiary/aromatic N) is 4. The van der Waals surface area contributed by atoms with Gasteiger partial charge in [-0.25, -0.2) is 9.78 Å². The summed E-state index contributed by atoms with van der Waals surface area (Å²) >= 11 is 0. The summed E-state index contributed by atoms with van der Waals surface area (Å²) in [6, 6.07) is 14.8. The smallest absolute Gasteiger partial charge is 0.410 e. The minimum Gasteiger partial charge on any atom is -0.594 e. The summed E-state index contributed by atoms with van der Waals surface area (Å²) in [5.74, 6) is -0.203. The minimum absolute atomic E-state index is 0.105. The number of nitrogens with one attached hydrogen (secondary N) is 1. The summed E-state index contributed by atoms with van der Waals surface area (Å²) in [5, 5.41) is 18.8. The molecule has 10 heteroatoms. The average molecular weight is 466 g/mol. The quantitative estimate of drug-likeness (QED) is 0.321. The van der Waals surface area contributed by atoms with Gasteiger partial charge in [0.1, 0.15) is 18.2 Å². The topological polar surface area (TPSA) is 121 Å². The number of aryl methyl sites for hydroxylation is 1. The van der Waals surface area contributed by atoms with E-state index in [0.29, 0.717) is 41.8 Å². The molecule has 178 valence electrons. The number of hydrogen-bond acceptors (Lipinski definition) is 8. The Bertz CT molecular complexity index is 1150. The van der Waals surface area contributed by atoms with E-state index in [1.807, 2.05) is 43.3 Å². The minimum atomic E-state index is -0.362. The molecule has 1 amide bonds. The van der Waals surface area contributed by atoms with E-state index in [1.54, 1.807) is 17.0 Å². The van der Waals surface area contributed by atoms with Crippen LogP contribution < -0.4 is 10.2 Å². The largest absolute Gasteiger partial charge is 0.594 e. The Morgan fingerprint density at radius 2 is 1.94 bits per heavy atom. The maximum absolute atomic E-state index is 12.3. The fourth-order valence-electron chi connectivity index (χ4n) is 3.72. The summed E-state index contributed by atoms with van der Waals surface area (Å²) in [4.78, 5) is 30.9. The highest BCUT2D eigenvalue weighted by molar-refractivity contribution is 5.73. The van der Waals surface area contributed by atoms with E-state index in [0.717, 1.165) is 11.1 Å². The Morgan fingerprint density at radius 3 is 2.71 bits per heavy atom. The first-order chi connectivity index (χ1) is 16.5. The van der Waals surface area contributed by atoms with E-state index in [-0.39, 0.29) is 43.7 Å². The van der Waals surface area contributed by atoms with Crippen LogP contribution in [0, 0.1) is 12.1 Å². The van der Waals surface area contributed by atoms with Gasteiger partial charge in [-0.05, 0) is 29.0 Å². The van der Waals surface area contributed by atoms with Crippen molar-refractivity contribution in [3.8, 4) is 0 Å². The first-order valence-corrected chi connectivity index (χ1v) is 11.2.